The zero-order valence-electron chi connectivity index (χ0n) is 20.1. The van der Waals surface area contributed by atoms with E-state index in [9.17, 15) is 8.78 Å². The van der Waals surface area contributed by atoms with Crippen LogP contribution < -0.4 is 4.74 Å². The molecule has 7 nitrogen and oxygen atoms in total. The van der Waals surface area contributed by atoms with Crippen molar-refractivity contribution < 1.29 is 17.9 Å². The highest BCUT2D eigenvalue weighted by Gasteiger charge is 2.27. The monoisotopic (exact) mass is 538 g/mol. The number of rotatable bonds is 7. The Hall–Kier alpha value is -3.92. The Morgan fingerprint density at radius 2 is 1.76 bits per heavy atom. The molecule has 1 N–H and O–H groups in total. The molecule has 0 atom stereocenters. The Morgan fingerprint density at radius 1 is 1.00 bits per heavy atom. The van der Waals surface area contributed by atoms with Crippen LogP contribution in [0, 0.1) is 23.4 Å². The second kappa shape index (κ2) is 10.1. The molecule has 1 aliphatic carbocycles. The summed E-state index contributed by atoms with van der Waals surface area (Å²) in [5, 5.41) is 13.5. The molecule has 0 unspecified atom stereocenters. The third-order valence-electron chi connectivity index (χ3n) is 6.95. The van der Waals surface area contributed by atoms with E-state index in [0.29, 0.717) is 23.5 Å². The highest BCUT2D eigenvalue weighted by molar-refractivity contribution is 6.35. The van der Waals surface area contributed by atoms with Gasteiger partial charge in [0.15, 0.2) is 23.2 Å². The number of ether oxygens (including phenoxy) is 1. The van der Waals surface area contributed by atoms with Crippen molar-refractivity contribution in [3.63, 3.8) is 0 Å². The SMILES string of the molecule is Fc1cc2c(nc(-c3ccc(-c4nn[nH]n4)c(OCc4ccccc4)c3F)n2CC2CCCC2)c(Cl)c1F. The largest absolute Gasteiger partial charge is 0.485 e. The van der Waals surface area contributed by atoms with E-state index in [1.54, 1.807) is 10.6 Å². The zero-order valence-corrected chi connectivity index (χ0v) is 20.9. The maximum atomic E-state index is 16.3. The van der Waals surface area contributed by atoms with Crippen LogP contribution in [-0.4, -0.2) is 30.2 Å². The molecule has 38 heavy (non-hydrogen) atoms. The van der Waals surface area contributed by atoms with Crippen LogP contribution in [0.4, 0.5) is 13.2 Å². The molecule has 0 spiro atoms. The highest BCUT2D eigenvalue weighted by atomic mass is 35.5. The predicted octanol–water partition coefficient (Wildman–Crippen LogP) is 6.72. The van der Waals surface area contributed by atoms with Gasteiger partial charge in [-0.25, -0.2) is 18.2 Å². The molecule has 0 amide bonds. The van der Waals surface area contributed by atoms with E-state index in [-0.39, 0.29) is 35.1 Å². The second-order valence-corrected chi connectivity index (χ2v) is 9.74. The first-order chi connectivity index (χ1) is 18.5. The van der Waals surface area contributed by atoms with Crippen molar-refractivity contribution in [3.05, 3.63) is 76.6 Å². The number of aromatic nitrogens is 6. The summed E-state index contributed by atoms with van der Waals surface area (Å²) in [6.07, 6.45) is 4.14. The molecule has 0 bridgehead atoms. The lowest BCUT2D eigenvalue weighted by molar-refractivity contribution is 0.292. The van der Waals surface area contributed by atoms with Gasteiger partial charge >= 0.3 is 0 Å². The summed E-state index contributed by atoms with van der Waals surface area (Å²) in [5.74, 6) is -2.39. The van der Waals surface area contributed by atoms with Crippen LogP contribution in [0.3, 0.4) is 0 Å². The minimum atomic E-state index is -1.18. The van der Waals surface area contributed by atoms with Crippen LogP contribution in [0.1, 0.15) is 31.2 Å². The lowest BCUT2D eigenvalue weighted by Crippen LogP contribution is -2.10. The average Bonchev–Trinajstić information content (AvgIpc) is 3.70. The number of nitrogens with one attached hydrogen (secondary N) is 1. The molecule has 3 aromatic carbocycles. The van der Waals surface area contributed by atoms with Crippen molar-refractivity contribution in [2.75, 3.05) is 0 Å². The van der Waals surface area contributed by atoms with E-state index < -0.39 is 22.5 Å². The quantitative estimate of drug-likeness (QED) is 0.232. The van der Waals surface area contributed by atoms with Gasteiger partial charge in [-0.2, -0.15) is 5.21 Å². The minimum Gasteiger partial charge on any atom is -0.485 e. The summed E-state index contributed by atoms with van der Waals surface area (Å²) in [5.41, 5.74) is 1.62. The predicted molar refractivity (Wildman–Crippen MR) is 136 cm³/mol. The number of imidazole rings is 1. The van der Waals surface area contributed by atoms with Crippen LogP contribution in [0.5, 0.6) is 5.75 Å². The van der Waals surface area contributed by atoms with E-state index in [1.807, 2.05) is 30.3 Å². The molecule has 2 heterocycles. The Morgan fingerprint density at radius 3 is 2.50 bits per heavy atom. The van der Waals surface area contributed by atoms with Crippen LogP contribution in [0.2, 0.25) is 5.02 Å². The normalized spacial score (nSPS) is 14.0. The van der Waals surface area contributed by atoms with Crippen LogP contribution >= 0.6 is 11.6 Å². The molecular weight excluding hydrogens is 517 g/mol. The summed E-state index contributed by atoms with van der Waals surface area (Å²) < 4.78 is 52.8. The number of benzene rings is 3. The lowest BCUT2D eigenvalue weighted by Gasteiger charge is -2.17. The van der Waals surface area contributed by atoms with Crippen LogP contribution in [0.15, 0.2) is 48.5 Å². The summed E-state index contributed by atoms with van der Waals surface area (Å²) in [7, 11) is 0. The van der Waals surface area contributed by atoms with Crippen molar-refractivity contribution in [2.24, 2.45) is 5.92 Å². The van der Waals surface area contributed by atoms with Gasteiger partial charge in [-0.05, 0) is 41.7 Å². The van der Waals surface area contributed by atoms with E-state index in [0.717, 1.165) is 37.3 Å². The van der Waals surface area contributed by atoms with Gasteiger partial charge in [-0.15, -0.1) is 10.2 Å². The summed E-state index contributed by atoms with van der Waals surface area (Å²) in [6, 6.07) is 13.5. The van der Waals surface area contributed by atoms with Gasteiger partial charge in [-0.1, -0.05) is 54.8 Å². The first-order valence-corrected chi connectivity index (χ1v) is 12.7. The molecule has 1 saturated carbocycles. The molecule has 0 saturated heterocycles. The number of nitrogens with zero attached hydrogens (tertiary/aromatic N) is 5. The number of H-pyrrole nitrogens is 1. The molecule has 2 aromatic heterocycles. The zero-order chi connectivity index (χ0) is 26.2. The molecule has 0 radical (unpaired) electrons. The number of fused-ring (bicyclic) bond motifs is 1. The molecule has 0 aliphatic heterocycles. The topological polar surface area (TPSA) is 81.5 Å². The van der Waals surface area contributed by atoms with Crippen molar-refractivity contribution in [3.8, 4) is 28.5 Å². The molecular formula is C27H22ClF3N6O. The Labute approximate surface area is 220 Å². The Kier molecular flexibility index (Phi) is 6.49. The molecule has 5 aromatic rings. The second-order valence-electron chi connectivity index (χ2n) is 9.36. The standard InChI is InChI=1S/C27H22ClF3N6O/c28-21-23(31)19(29)12-20-24(21)32-27(37(20)13-15-6-4-5-7-15)17-10-11-18(26-33-35-36-34-26)25(22(17)30)38-14-16-8-2-1-3-9-16/h1-3,8-12,15H,4-7,13-14H2,(H,33,34,35,36). The summed E-state index contributed by atoms with van der Waals surface area (Å²) >= 11 is 6.17. The fourth-order valence-corrected chi connectivity index (χ4v) is 5.29. The maximum absolute atomic E-state index is 16.3. The van der Waals surface area contributed by atoms with Gasteiger partial charge in [-0.3, -0.25) is 0 Å². The number of tetrazole rings is 1. The molecule has 1 fully saturated rings. The summed E-state index contributed by atoms with van der Waals surface area (Å²) in [4.78, 5) is 4.52. The van der Waals surface area contributed by atoms with Gasteiger partial charge in [0.05, 0.1) is 16.6 Å². The first kappa shape index (κ1) is 24.4. The van der Waals surface area contributed by atoms with Crippen molar-refractivity contribution >= 4 is 22.6 Å². The first-order valence-electron chi connectivity index (χ1n) is 12.3. The third-order valence-corrected chi connectivity index (χ3v) is 7.29. The number of aromatic amines is 1. The van der Waals surface area contributed by atoms with E-state index >= 15 is 4.39 Å². The minimum absolute atomic E-state index is 0.0759. The average molecular weight is 539 g/mol. The van der Waals surface area contributed by atoms with E-state index in [4.69, 9.17) is 16.3 Å². The molecule has 6 rings (SSSR count). The Balaban J connectivity index is 1.52. The van der Waals surface area contributed by atoms with E-state index in [2.05, 4.69) is 25.6 Å². The fourth-order valence-electron chi connectivity index (χ4n) is 5.06. The maximum Gasteiger partial charge on any atom is 0.208 e. The highest BCUT2D eigenvalue weighted by Crippen LogP contribution is 2.40. The molecule has 11 heteroatoms. The van der Waals surface area contributed by atoms with Crippen LogP contribution in [0.25, 0.3) is 33.8 Å². The fraction of sp³-hybridized carbons (Fsp3) is 0.259. The van der Waals surface area contributed by atoms with Crippen LogP contribution in [-0.2, 0) is 13.2 Å². The van der Waals surface area contributed by atoms with Crippen molar-refractivity contribution in [2.45, 2.75) is 38.8 Å². The number of hydrogen-bond donors (Lipinski definition) is 1. The number of halogens is 4. The smallest absolute Gasteiger partial charge is 0.208 e. The molecule has 194 valence electrons. The van der Waals surface area contributed by atoms with Gasteiger partial charge in [0.25, 0.3) is 0 Å². The van der Waals surface area contributed by atoms with Crippen molar-refractivity contribution in [1.82, 2.24) is 30.2 Å². The van der Waals surface area contributed by atoms with Gasteiger partial charge < -0.3 is 9.30 Å². The van der Waals surface area contributed by atoms with Gasteiger partial charge in [0.2, 0.25) is 5.82 Å². The lowest BCUT2D eigenvalue weighted by atomic mass is 10.1. The number of hydrogen-bond acceptors (Lipinski definition) is 5. The molecule has 1 aliphatic rings. The van der Waals surface area contributed by atoms with Crippen molar-refractivity contribution in [1.29, 1.82) is 0 Å². The van der Waals surface area contributed by atoms with Gasteiger partial charge in [0.1, 0.15) is 23.0 Å². The summed E-state index contributed by atoms with van der Waals surface area (Å²) in [6.45, 7) is 0.562. The Bertz CT molecular complexity index is 1600. The third kappa shape index (κ3) is 4.38. The van der Waals surface area contributed by atoms with Gasteiger partial charge in [0, 0.05) is 12.6 Å². The van der Waals surface area contributed by atoms with E-state index in [1.165, 1.54) is 6.07 Å².